The summed E-state index contributed by atoms with van der Waals surface area (Å²) in [5, 5.41) is 20.6. The number of benzene rings is 1. The van der Waals surface area contributed by atoms with Gasteiger partial charge in [-0.25, -0.2) is 13.3 Å². The highest BCUT2D eigenvalue weighted by Crippen LogP contribution is 2.55. The Labute approximate surface area is 185 Å². The molecule has 0 radical (unpaired) electrons. The Morgan fingerprint density at radius 3 is 3.00 bits per heavy atom. The average Bonchev–Trinajstić information content (AvgIpc) is 2.94. The first-order valence-corrected chi connectivity index (χ1v) is 10.7. The van der Waals surface area contributed by atoms with Crippen LogP contribution in [-0.4, -0.2) is 44.4 Å². The number of aromatic nitrogens is 2. The van der Waals surface area contributed by atoms with Crippen molar-refractivity contribution in [3.63, 3.8) is 0 Å². The smallest absolute Gasteiger partial charge is 0.404 e. The second-order valence-electron chi connectivity index (χ2n) is 6.77. The van der Waals surface area contributed by atoms with Gasteiger partial charge >= 0.3 is 7.82 Å². The minimum Gasteiger partial charge on any atom is -0.404 e. The van der Waals surface area contributed by atoms with E-state index in [1.54, 1.807) is 0 Å². The van der Waals surface area contributed by atoms with Gasteiger partial charge in [0.15, 0.2) is 11.0 Å². The van der Waals surface area contributed by atoms with Crippen LogP contribution in [0.4, 0.5) is 8.78 Å². The van der Waals surface area contributed by atoms with Crippen LogP contribution in [0.5, 0.6) is 5.75 Å². The van der Waals surface area contributed by atoms with Crippen molar-refractivity contribution in [2.75, 3.05) is 6.61 Å². The SMILES string of the molecule is [2H][C@@]1(n2cc(C#C)c(=O)[nH]c2=S)O[C@](F)(COP2(=O)OCc3cc(F)ccc3O2)[C@@H](O)[C@H]1O. The van der Waals surface area contributed by atoms with E-state index in [1.165, 1.54) is 6.07 Å². The van der Waals surface area contributed by atoms with Gasteiger partial charge in [0, 0.05) is 11.8 Å². The maximum Gasteiger partial charge on any atom is 0.530 e. The Morgan fingerprint density at radius 1 is 1.53 bits per heavy atom. The second kappa shape index (κ2) is 8.17. The van der Waals surface area contributed by atoms with Gasteiger partial charge in [0.25, 0.3) is 11.4 Å². The Morgan fingerprint density at radius 2 is 2.28 bits per heavy atom. The van der Waals surface area contributed by atoms with Crippen LogP contribution >= 0.6 is 20.0 Å². The van der Waals surface area contributed by atoms with Gasteiger partial charge < -0.3 is 19.5 Å². The second-order valence-corrected chi connectivity index (χ2v) is 8.75. The van der Waals surface area contributed by atoms with E-state index in [1.807, 2.05) is 5.92 Å². The van der Waals surface area contributed by atoms with Gasteiger partial charge in [-0.1, -0.05) is 5.92 Å². The molecule has 5 atom stereocenters. The van der Waals surface area contributed by atoms with Gasteiger partial charge in [0.1, 0.15) is 35.9 Å². The third-order valence-corrected chi connectivity index (χ3v) is 6.24. The van der Waals surface area contributed by atoms with E-state index in [-0.39, 0.29) is 23.5 Å². The fraction of sp³-hybridized carbons (Fsp3) is 0.333. The number of rotatable bonds is 4. The van der Waals surface area contributed by atoms with Crippen molar-refractivity contribution in [1.29, 1.82) is 0 Å². The standard InChI is InChI=1S/C18H15F2N2O8PS/c1-2-9-6-22(17(32)21-15(9)25)16-13(23)14(24)18(20,29-16)8-28-31(26)27-7-10-5-11(19)3-4-12(10)30-31/h1,3-6,13-14,16,23-24H,7-8H2,(H,21,25,32)/t13-,14+,16-,18-,31?/m1/s1/i16D. The summed E-state index contributed by atoms with van der Waals surface area (Å²) in [6.45, 7) is -1.68. The number of hydrogen-bond acceptors (Lipinski definition) is 9. The van der Waals surface area contributed by atoms with E-state index in [2.05, 4.69) is 4.98 Å². The summed E-state index contributed by atoms with van der Waals surface area (Å²) >= 11 is 4.93. The highest BCUT2D eigenvalue weighted by molar-refractivity contribution is 7.71. The molecule has 2 aliphatic rings. The number of phosphoric ester groups is 1. The molecule has 2 aliphatic heterocycles. The maximum atomic E-state index is 15.5. The van der Waals surface area contributed by atoms with Crippen LogP contribution in [-0.2, 0) is 25.0 Å². The van der Waals surface area contributed by atoms with Crippen LogP contribution in [0.25, 0.3) is 0 Å². The minimum absolute atomic E-state index is 0.0250. The molecule has 0 spiro atoms. The largest absolute Gasteiger partial charge is 0.530 e. The number of ether oxygens (including phenoxy) is 1. The first-order chi connectivity index (χ1) is 15.4. The molecular formula is C18H15F2N2O8PS. The molecule has 3 N–H and O–H groups in total. The molecule has 2 aromatic rings. The molecule has 3 heterocycles. The number of aliphatic hydroxyl groups excluding tert-OH is 2. The number of fused-ring (bicyclic) bond motifs is 1. The topological polar surface area (TPSA) is 132 Å². The Hall–Kier alpha value is -2.43. The van der Waals surface area contributed by atoms with Gasteiger partial charge in [-0.3, -0.25) is 23.4 Å². The van der Waals surface area contributed by atoms with Crippen LogP contribution in [0.3, 0.4) is 0 Å². The summed E-state index contributed by atoms with van der Waals surface area (Å²) in [7, 11) is -4.44. The van der Waals surface area contributed by atoms with Gasteiger partial charge in [0.05, 0.1) is 7.98 Å². The number of aromatic amines is 1. The summed E-state index contributed by atoms with van der Waals surface area (Å²) < 4.78 is 70.0. The van der Waals surface area contributed by atoms with Gasteiger partial charge in [0.2, 0.25) is 0 Å². The fourth-order valence-electron chi connectivity index (χ4n) is 2.99. The number of halogens is 2. The maximum absolute atomic E-state index is 15.5. The lowest BCUT2D eigenvalue weighted by Crippen LogP contribution is -2.43. The predicted octanol–water partition coefficient (Wildman–Crippen LogP) is 1.68. The van der Waals surface area contributed by atoms with Crippen LogP contribution in [0.2, 0.25) is 0 Å². The molecule has 1 aromatic heterocycles. The van der Waals surface area contributed by atoms with Crippen LogP contribution in [0, 0.1) is 22.9 Å². The first-order valence-electron chi connectivity index (χ1n) is 9.36. The molecule has 0 amide bonds. The van der Waals surface area contributed by atoms with Crippen molar-refractivity contribution in [2.24, 2.45) is 0 Å². The molecule has 1 fully saturated rings. The number of H-pyrrole nitrogens is 1. The zero-order valence-electron chi connectivity index (χ0n) is 16.9. The lowest BCUT2D eigenvalue weighted by atomic mass is 10.1. The molecule has 0 aliphatic carbocycles. The third-order valence-electron chi connectivity index (χ3n) is 4.63. The highest BCUT2D eigenvalue weighted by Gasteiger charge is 2.57. The number of aliphatic hydroxyl groups is 2. The highest BCUT2D eigenvalue weighted by atomic mass is 32.1. The Kier molecular flexibility index (Phi) is 5.47. The summed E-state index contributed by atoms with van der Waals surface area (Å²) in [5.41, 5.74) is -0.846. The third kappa shape index (κ3) is 4.02. The van der Waals surface area contributed by atoms with Crippen LogP contribution in [0.15, 0.2) is 29.2 Å². The van der Waals surface area contributed by atoms with E-state index in [4.69, 9.17) is 38.3 Å². The zero-order valence-corrected chi connectivity index (χ0v) is 17.6. The lowest BCUT2D eigenvalue weighted by molar-refractivity contribution is -0.205. The molecule has 0 bridgehead atoms. The summed E-state index contributed by atoms with van der Waals surface area (Å²) in [5.74, 6) is -1.88. The monoisotopic (exact) mass is 489 g/mol. The summed E-state index contributed by atoms with van der Waals surface area (Å²) in [6, 6.07) is 3.30. The zero-order chi connectivity index (χ0) is 24.2. The van der Waals surface area contributed by atoms with Gasteiger partial charge in [-0.05, 0) is 30.4 Å². The molecule has 0 saturated carbocycles. The summed E-state index contributed by atoms with van der Waals surface area (Å²) in [4.78, 5) is 13.9. The quantitative estimate of drug-likeness (QED) is 0.333. The van der Waals surface area contributed by atoms with Gasteiger partial charge in [-0.15, -0.1) is 6.42 Å². The number of alkyl halides is 1. The summed E-state index contributed by atoms with van der Waals surface area (Å²) in [6.07, 6.45) is -1.36. The predicted molar refractivity (Wildman–Crippen MR) is 105 cm³/mol. The molecule has 1 aromatic carbocycles. The van der Waals surface area contributed by atoms with E-state index in [9.17, 15) is 24.0 Å². The van der Waals surface area contributed by atoms with E-state index in [0.29, 0.717) is 4.57 Å². The molecule has 4 rings (SSSR count). The van der Waals surface area contributed by atoms with Crippen molar-refractivity contribution in [3.05, 3.63) is 56.5 Å². The first kappa shape index (κ1) is 21.4. The average molecular weight is 489 g/mol. The van der Waals surface area contributed by atoms with Crippen molar-refractivity contribution >= 4 is 20.0 Å². The lowest BCUT2D eigenvalue weighted by Gasteiger charge is -2.28. The number of phosphoric acid groups is 1. The molecule has 10 nitrogen and oxygen atoms in total. The van der Waals surface area contributed by atoms with Crippen molar-refractivity contribution in [3.8, 4) is 18.1 Å². The minimum atomic E-state index is -4.44. The van der Waals surface area contributed by atoms with Gasteiger partial charge in [-0.2, -0.15) is 0 Å². The van der Waals surface area contributed by atoms with Crippen LogP contribution < -0.4 is 10.1 Å². The number of hydrogen-bond donors (Lipinski definition) is 3. The van der Waals surface area contributed by atoms with E-state index >= 15 is 4.39 Å². The van der Waals surface area contributed by atoms with Crippen molar-refractivity contribution in [2.45, 2.75) is 30.9 Å². The molecular weight excluding hydrogens is 473 g/mol. The number of nitrogens with one attached hydrogen (secondary N) is 1. The molecule has 14 heteroatoms. The molecule has 1 saturated heterocycles. The molecule has 32 heavy (non-hydrogen) atoms. The fourth-order valence-corrected chi connectivity index (χ4v) is 4.45. The Bertz CT molecular complexity index is 1330. The van der Waals surface area contributed by atoms with Crippen LogP contribution in [0.1, 0.15) is 18.7 Å². The molecule has 1 unspecified atom stereocenters. The van der Waals surface area contributed by atoms with Crippen molar-refractivity contribution in [1.82, 2.24) is 9.55 Å². The Balaban J connectivity index is 1.58. The number of nitrogens with zero attached hydrogens (tertiary/aromatic N) is 1. The van der Waals surface area contributed by atoms with Crippen molar-refractivity contribution < 1.29 is 43.2 Å². The molecule has 170 valence electrons. The van der Waals surface area contributed by atoms with E-state index < -0.39 is 54.8 Å². The normalized spacial score (nSPS) is 34.3. The van der Waals surface area contributed by atoms with E-state index in [0.717, 1.165) is 18.3 Å². The number of terminal acetylenes is 1.